The summed E-state index contributed by atoms with van der Waals surface area (Å²) in [6.45, 7) is 0.492. The van der Waals surface area contributed by atoms with Gasteiger partial charge in [0.15, 0.2) is 0 Å². The van der Waals surface area contributed by atoms with Gasteiger partial charge in [0.25, 0.3) is 0 Å². The van der Waals surface area contributed by atoms with Crippen LogP contribution in [0.1, 0.15) is 21.5 Å². The monoisotopic (exact) mass is 291 g/mol. The molecule has 0 bridgehead atoms. The molecule has 0 aliphatic carbocycles. The van der Waals surface area contributed by atoms with E-state index in [1.165, 1.54) is 24.3 Å². The first-order valence-corrected chi connectivity index (χ1v) is 6.54. The smallest absolute Gasteiger partial charge is 0.335 e. The van der Waals surface area contributed by atoms with E-state index in [4.69, 9.17) is 5.11 Å². The molecular formula is C16H15F2NO2. The van der Waals surface area contributed by atoms with Crippen molar-refractivity contribution >= 4 is 5.97 Å². The largest absolute Gasteiger partial charge is 0.478 e. The molecule has 0 atom stereocenters. The summed E-state index contributed by atoms with van der Waals surface area (Å²) < 4.78 is 26.8. The Morgan fingerprint density at radius 1 is 1.05 bits per heavy atom. The second-order valence-corrected chi connectivity index (χ2v) is 4.59. The fourth-order valence-electron chi connectivity index (χ4n) is 2.08. The lowest BCUT2D eigenvalue weighted by molar-refractivity contribution is 0.0695. The molecule has 0 heterocycles. The molecule has 3 nitrogen and oxygen atoms in total. The lowest BCUT2D eigenvalue weighted by atomic mass is 10.0. The van der Waals surface area contributed by atoms with Gasteiger partial charge >= 0.3 is 5.97 Å². The minimum atomic E-state index is -0.981. The van der Waals surface area contributed by atoms with E-state index in [1.807, 2.05) is 0 Å². The first kappa shape index (κ1) is 15.1. The molecule has 2 rings (SSSR count). The average molecular weight is 291 g/mol. The molecule has 2 aromatic carbocycles. The number of halogens is 2. The van der Waals surface area contributed by atoms with Crippen molar-refractivity contribution in [1.29, 1.82) is 0 Å². The van der Waals surface area contributed by atoms with Gasteiger partial charge in [-0.05, 0) is 36.7 Å². The molecule has 0 saturated heterocycles. The van der Waals surface area contributed by atoms with Crippen LogP contribution < -0.4 is 5.32 Å². The Bertz CT molecular complexity index is 624. The number of carboxylic acids is 1. The maximum atomic E-state index is 13.4. The number of hydrogen-bond donors (Lipinski definition) is 2. The molecule has 2 N–H and O–H groups in total. The average Bonchev–Trinajstić information content (AvgIpc) is 2.46. The first-order chi connectivity index (χ1) is 10.1. The lowest BCUT2D eigenvalue weighted by Crippen LogP contribution is -2.19. The van der Waals surface area contributed by atoms with Crippen molar-refractivity contribution in [3.05, 3.63) is 70.8 Å². The van der Waals surface area contributed by atoms with Crippen LogP contribution in [-0.4, -0.2) is 17.6 Å². The van der Waals surface area contributed by atoms with Gasteiger partial charge in [-0.3, -0.25) is 0 Å². The second-order valence-electron chi connectivity index (χ2n) is 4.59. The van der Waals surface area contributed by atoms with Crippen molar-refractivity contribution < 1.29 is 18.7 Å². The number of hydrogen-bond acceptors (Lipinski definition) is 2. The van der Waals surface area contributed by atoms with E-state index in [9.17, 15) is 13.6 Å². The van der Waals surface area contributed by atoms with Crippen LogP contribution in [0.4, 0.5) is 8.78 Å². The van der Waals surface area contributed by atoms with E-state index in [-0.39, 0.29) is 17.7 Å². The molecule has 0 radical (unpaired) electrons. The number of carboxylic acid groups (broad SMARTS) is 1. The molecule has 0 fully saturated rings. The summed E-state index contributed by atoms with van der Waals surface area (Å²) in [5.74, 6) is -2.16. The van der Waals surface area contributed by atoms with E-state index in [0.29, 0.717) is 18.5 Å². The zero-order chi connectivity index (χ0) is 15.2. The summed E-state index contributed by atoms with van der Waals surface area (Å²) in [4.78, 5) is 11.0. The van der Waals surface area contributed by atoms with Crippen LogP contribution in [0.5, 0.6) is 0 Å². The number of benzene rings is 2. The predicted octanol–water partition coefficient (Wildman–Crippen LogP) is 3.00. The van der Waals surface area contributed by atoms with E-state index < -0.39 is 17.6 Å². The number of rotatable bonds is 6. The van der Waals surface area contributed by atoms with E-state index in [0.717, 1.165) is 0 Å². The summed E-state index contributed by atoms with van der Waals surface area (Å²) in [6, 6.07) is 10.4. The predicted molar refractivity (Wildman–Crippen MR) is 75.2 cm³/mol. The minimum absolute atomic E-state index is 0.0102. The highest BCUT2D eigenvalue weighted by Crippen LogP contribution is 2.12. The summed E-state index contributed by atoms with van der Waals surface area (Å²) in [6.07, 6.45) is 0.471. The van der Waals surface area contributed by atoms with Crippen LogP contribution in [0.25, 0.3) is 0 Å². The number of aromatic carboxylic acids is 1. The highest BCUT2D eigenvalue weighted by atomic mass is 19.1. The van der Waals surface area contributed by atoms with Gasteiger partial charge in [-0.15, -0.1) is 0 Å². The van der Waals surface area contributed by atoms with Crippen molar-refractivity contribution in [2.24, 2.45) is 0 Å². The molecule has 21 heavy (non-hydrogen) atoms. The molecule has 5 heteroatoms. The highest BCUT2D eigenvalue weighted by Gasteiger charge is 2.10. The standard InChI is InChI=1S/C16H15F2NO2/c17-14-6-3-7-15(18)13(14)10-19-9-8-11-4-1-2-5-12(11)16(20)21/h1-7,19H,8-10H2,(H,20,21). The molecule has 0 spiro atoms. The molecular weight excluding hydrogens is 276 g/mol. The van der Waals surface area contributed by atoms with Gasteiger partial charge in [-0.2, -0.15) is 0 Å². The SMILES string of the molecule is O=C(O)c1ccccc1CCNCc1c(F)cccc1F. The van der Waals surface area contributed by atoms with Gasteiger partial charge < -0.3 is 10.4 Å². The van der Waals surface area contributed by atoms with E-state index >= 15 is 0 Å². The summed E-state index contributed by atoms with van der Waals surface area (Å²) >= 11 is 0. The van der Waals surface area contributed by atoms with Crippen molar-refractivity contribution in [3.8, 4) is 0 Å². The maximum Gasteiger partial charge on any atom is 0.335 e. The van der Waals surface area contributed by atoms with Gasteiger partial charge in [0.05, 0.1) is 5.56 Å². The molecule has 0 aliphatic heterocycles. The lowest BCUT2D eigenvalue weighted by Gasteiger charge is -2.08. The number of nitrogens with one attached hydrogen (secondary N) is 1. The highest BCUT2D eigenvalue weighted by molar-refractivity contribution is 5.89. The molecule has 0 aliphatic rings. The fourth-order valence-corrected chi connectivity index (χ4v) is 2.08. The van der Waals surface area contributed by atoms with Gasteiger partial charge in [0.1, 0.15) is 11.6 Å². The topological polar surface area (TPSA) is 49.3 Å². The van der Waals surface area contributed by atoms with Crippen LogP contribution in [0, 0.1) is 11.6 Å². The van der Waals surface area contributed by atoms with Gasteiger partial charge in [-0.25, -0.2) is 13.6 Å². The van der Waals surface area contributed by atoms with Crippen molar-refractivity contribution in [2.75, 3.05) is 6.54 Å². The van der Waals surface area contributed by atoms with Gasteiger partial charge in [0.2, 0.25) is 0 Å². The Morgan fingerprint density at radius 2 is 1.71 bits per heavy atom. The van der Waals surface area contributed by atoms with Gasteiger partial charge in [-0.1, -0.05) is 24.3 Å². The third kappa shape index (κ3) is 3.86. The Labute approximate surface area is 121 Å². The Balaban J connectivity index is 1.92. The normalized spacial score (nSPS) is 10.6. The molecule has 0 saturated carbocycles. The van der Waals surface area contributed by atoms with Crippen LogP contribution in [-0.2, 0) is 13.0 Å². The summed E-state index contributed by atoms with van der Waals surface area (Å²) in [5, 5.41) is 12.0. The Hall–Kier alpha value is -2.27. The first-order valence-electron chi connectivity index (χ1n) is 6.54. The summed E-state index contributed by atoms with van der Waals surface area (Å²) in [5.41, 5.74) is 0.923. The maximum absolute atomic E-state index is 13.4. The van der Waals surface area contributed by atoms with Crippen molar-refractivity contribution in [3.63, 3.8) is 0 Å². The minimum Gasteiger partial charge on any atom is -0.478 e. The van der Waals surface area contributed by atoms with Crippen LogP contribution in [0.3, 0.4) is 0 Å². The van der Waals surface area contributed by atoms with E-state index in [1.54, 1.807) is 18.2 Å². The van der Waals surface area contributed by atoms with Crippen LogP contribution >= 0.6 is 0 Å². The van der Waals surface area contributed by atoms with Gasteiger partial charge in [0, 0.05) is 12.1 Å². The molecule has 2 aromatic rings. The Morgan fingerprint density at radius 3 is 2.38 bits per heavy atom. The van der Waals surface area contributed by atoms with Crippen LogP contribution in [0.15, 0.2) is 42.5 Å². The number of carbonyl (C=O) groups is 1. The molecule has 0 amide bonds. The van der Waals surface area contributed by atoms with Crippen molar-refractivity contribution in [1.82, 2.24) is 5.32 Å². The quantitative estimate of drug-likeness (QED) is 0.804. The van der Waals surface area contributed by atoms with E-state index in [2.05, 4.69) is 5.32 Å². The second kappa shape index (κ2) is 6.95. The zero-order valence-electron chi connectivity index (χ0n) is 11.3. The Kier molecular flexibility index (Phi) is 5.00. The van der Waals surface area contributed by atoms with Crippen molar-refractivity contribution in [2.45, 2.75) is 13.0 Å². The zero-order valence-corrected chi connectivity index (χ0v) is 11.3. The van der Waals surface area contributed by atoms with Crippen LogP contribution in [0.2, 0.25) is 0 Å². The molecule has 0 unspecified atom stereocenters. The fraction of sp³-hybridized carbons (Fsp3) is 0.188. The third-order valence-electron chi connectivity index (χ3n) is 3.18. The third-order valence-corrected chi connectivity index (χ3v) is 3.18. The summed E-state index contributed by atoms with van der Waals surface area (Å²) in [7, 11) is 0. The molecule has 110 valence electrons. The molecule has 0 aromatic heterocycles.